The molecule has 1 aliphatic heterocycles. The van der Waals surface area contributed by atoms with Crippen LogP contribution in [0.15, 0.2) is 36.4 Å². The number of nitrogens with one attached hydrogen (secondary N) is 2. The Labute approximate surface area is 209 Å². The predicted octanol–water partition coefficient (Wildman–Crippen LogP) is 3.63. The molecule has 1 heterocycles. The van der Waals surface area contributed by atoms with Crippen molar-refractivity contribution in [1.29, 1.82) is 0 Å². The van der Waals surface area contributed by atoms with E-state index in [1.807, 2.05) is 64.1 Å². The Morgan fingerprint density at radius 2 is 1.86 bits per heavy atom. The average Bonchev–Trinajstić information content (AvgIpc) is 2.86. The minimum absolute atomic E-state index is 0.0774. The molecule has 1 aliphatic rings. The molecule has 1 unspecified atom stereocenters. The maximum atomic E-state index is 13.7. The molecule has 3 amide bonds. The van der Waals surface area contributed by atoms with E-state index in [-0.39, 0.29) is 36.5 Å². The number of nitrogens with zero attached hydrogens (tertiary/aromatic N) is 2. The zero-order valence-electron chi connectivity index (χ0n) is 21.6. The van der Waals surface area contributed by atoms with Gasteiger partial charge in [0.2, 0.25) is 11.8 Å². The van der Waals surface area contributed by atoms with Gasteiger partial charge in [-0.2, -0.15) is 0 Å². The Balaban J connectivity index is 2.43. The lowest BCUT2D eigenvalue weighted by atomic mass is 9.98. The number of carbonyl (C=O) groups excluding carboxylic acids is 3. The van der Waals surface area contributed by atoms with E-state index in [1.165, 1.54) is 10.0 Å². The number of hydroxylamine groups is 1. The first-order valence-electron chi connectivity index (χ1n) is 12.7. The second-order valence-electron chi connectivity index (χ2n) is 10.1. The fraction of sp³-hybridized carbons (Fsp3) is 0.593. The summed E-state index contributed by atoms with van der Waals surface area (Å²) in [6.45, 7) is 9.74. The van der Waals surface area contributed by atoms with Crippen LogP contribution in [-0.4, -0.2) is 58.6 Å². The van der Waals surface area contributed by atoms with Gasteiger partial charge in [-0.05, 0) is 49.6 Å². The molecule has 8 heteroatoms. The van der Waals surface area contributed by atoms with Gasteiger partial charge in [0.05, 0.1) is 5.92 Å². The van der Waals surface area contributed by atoms with Gasteiger partial charge < -0.3 is 5.32 Å². The van der Waals surface area contributed by atoms with Crippen molar-refractivity contribution in [2.75, 3.05) is 19.6 Å². The average molecular weight is 487 g/mol. The summed E-state index contributed by atoms with van der Waals surface area (Å²) in [6.07, 6.45) is 6.29. The molecule has 2 atom stereocenters. The topological polar surface area (TPSA) is 102 Å². The van der Waals surface area contributed by atoms with Crippen LogP contribution >= 0.6 is 0 Å². The van der Waals surface area contributed by atoms with Crippen molar-refractivity contribution in [3.63, 3.8) is 0 Å². The number of benzene rings is 1. The third kappa shape index (κ3) is 9.11. The molecule has 35 heavy (non-hydrogen) atoms. The quantitative estimate of drug-likeness (QED) is 0.328. The molecular weight excluding hydrogens is 444 g/mol. The van der Waals surface area contributed by atoms with Crippen LogP contribution in [0, 0.1) is 17.8 Å². The van der Waals surface area contributed by atoms with Crippen molar-refractivity contribution < 1.29 is 19.6 Å². The van der Waals surface area contributed by atoms with Crippen LogP contribution in [0.25, 0.3) is 6.08 Å². The van der Waals surface area contributed by atoms with Crippen molar-refractivity contribution in [3.05, 3.63) is 42.0 Å². The third-order valence-electron chi connectivity index (χ3n) is 6.07. The molecule has 0 aliphatic carbocycles. The molecule has 0 radical (unpaired) electrons. The third-order valence-corrected chi connectivity index (χ3v) is 6.07. The van der Waals surface area contributed by atoms with E-state index in [9.17, 15) is 19.6 Å². The maximum Gasteiger partial charge on any atom is 0.268 e. The van der Waals surface area contributed by atoms with E-state index in [0.717, 1.165) is 24.9 Å². The molecule has 1 fully saturated rings. The number of carbonyl (C=O) groups is 3. The van der Waals surface area contributed by atoms with Gasteiger partial charge in [0, 0.05) is 19.5 Å². The van der Waals surface area contributed by atoms with E-state index >= 15 is 0 Å². The molecule has 3 N–H and O–H groups in total. The van der Waals surface area contributed by atoms with Gasteiger partial charge >= 0.3 is 0 Å². The molecular formula is C27H42N4O4. The van der Waals surface area contributed by atoms with Crippen LogP contribution in [0.4, 0.5) is 0 Å². The van der Waals surface area contributed by atoms with Crippen molar-refractivity contribution >= 4 is 23.8 Å². The molecule has 0 aromatic heterocycles. The first-order valence-corrected chi connectivity index (χ1v) is 12.7. The largest absolute Gasteiger partial charge is 0.316 e. The Kier molecular flexibility index (Phi) is 11.9. The Hall–Kier alpha value is -2.71. The number of hydrogen-bond donors (Lipinski definition) is 3. The first kappa shape index (κ1) is 28.5. The van der Waals surface area contributed by atoms with Gasteiger partial charge in [0.25, 0.3) is 5.91 Å². The number of hydrazine groups is 1. The zero-order chi connectivity index (χ0) is 25.8. The number of rotatable bonds is 11. The fourth-order valence-corrected chi connectivity index (χ4v) is 4.20. The fourth-order valence-electron chi connectivity index (χ4n) is 4.20. The zero-order valence-corrected chi connectivity index (χ0v) is 21.6. The van der Waals surface area contributed by atoms with Crippen molar-refractivity contribution in [2.24, 2.45) is 17.8 Å². The normalized spacial score (nSPS) is 16.9. The Morgan fingerprint density at radius 1 is 1.14 bits per heavy atom. The highest BCUT2D eigenvalue weighted by atomic mass is 16.5. The summed E-state index contributed by atoms with van der Waals surface area (Å²) in [5, 5.41) is 15.6. The molecule has 0 saturated carbocycles. The second kappa shape index (κ2) is 14.6. The smallest absolute Gasteiger partial charge is 0.268 e. The summed E-state index contributed by atoms with van der Waals surface area (Å²) in [5.41, 5.74) is 2.68. The molecule has 1 aromatic carbocycles. The van der Waals surface area contributed by atoms with E-state index in [4.69, 9.17) is 0 Å². The highest BCUT2D eigenvalue weighted by Gasteiger charge is 2.38. The minimum atomic E-state index is -1.06. The predicted molar refractivity (Wildman–Crippen MR) is 137 cm³/mol. The summed E-state index contributed by atoms with van der Waals surface area (Å²) in [7, 11) is 0. The van der Waals surface area contributed by atoms with Gasteiger partial charge in [0.15, 0.2) is 0 Å². The Bertz CT molecular complexity index is 835. The standard InChI is InChI=1S/C27H42N4O4/c1-20(2)15-16-25(32)31(30(19-21(3)4)27(34)23-13-9-17-28-18-23)24(26(33)29-35)14-8-12-22-10-6-5-7-11-22/h5-8,10-12,20-21,23-24,28,35H,9,13-19H2,1-4H3,(H,29,33)/t23?,24-/m0/s1. The van der Waals surface area contributed by atoms with Crippen molar-refractivity contribution in [2.45, 2.75) is 65.8 Å². The molecule has 0 bridgehead atoms. The van der Waals surface area contributed by atoms with Crippen LogP contribution in [0.5, 0.6) is 0 Å². The number of hydrogen-bond acceptors (Lipinski definition) is 5. The molecule has 8 nitrogen and oxygen atoms in total. The summed E-state index contributed by atoms with van der Waals surface area (Å²) in [6, 6.07) is 8.58. The van der Waals surface area contributed by atoms with Crippen LogP contribution in [-0.2, 0) is 14.4 Å². The van der Waals surface area contributed by atoms with E-state index in [2.05, 4.69) is 5.32 Å². The van der Waals surface area contributed by atoms with Crippen LogP contribution in [0.1, 0.15) is 65.4 Å². The molecule has 2 rings (SSSR count). The van der Waals surface area contributed by atoms with Crippen molar-refractivity contribution in [3.8, 4) is 0 Å². The lowest BCUT2D eigenvalue weighted by Gasteiger charge is -2.42. The molecule has 0 spiro atoms. The van der Waals surface area contributed by atoms with E-state index in [1.54, 1.807) is 11.6 Å². The van der Waals surface area contributed by atoms with Gasteiger partial charge in [0.1, 0.15) is 6.04 Å². The lowest BCUT2D eigenvalue weighted by molar-refractivity contribution is -0.178. The monoisotopic (exact) mass is 486 g/mol. The van der Waals surface area contributed by atoms with E-state index in [0.29, 0.717) is 25.4 Å². The SMILES string of the molecule is CC(C)CCC(=O)N([C@@H](CC=Cc1ccccc1)C(=O)NO)N(CC(C)C)C(=O)C1CCCNC1. The van der Waals surface area contributed by atoms with Crippen LogP contribution < -0.4 is 10.8 Å². The molecule has 1 saturated heterocycles. The van der Waals surface area contributed by atoms with Crippen LogP contribution in [0.2, 0.25) is 0 Å². The van der Waals surface area contributed by atoms with E-state index < -0.39 is 11.9 Å². The van der Waals surface area contributed by atoms with Gasteiger partial charge in [-0.15, -0.1) is 0 Å². The molecule has 1 aromatic rings. The summed E-state index contributed by atoms with van der Waals surface area (Å²) in [5.74, 6) is -1.07. The Morgan fingerprint density at radius 3 is 2.43 bits per heavy atom. The summed E-state index contributed by atoms with van der Waals surface area (Å²) < 4.78 is 0. The summed E-state index contributed by atoms with van der Waals surface area (Å²) in [4.78, 5) is 40.2. The maximum absolute atomic E-state index is 13.7. The van der Waals surface area contributed by atoms with Crippen molar-refractivity contribution in [1.82, 2.24) is 20.8 Å². The highest BCUT2D eigenvalue weighted by molar-refractivity contribution is 5.90. The minimum Gasteiger partial charge on any atom is -0.316 e. The van der Waals surface area contributed by atoms with Gasteiger partial charge in [-0.3, -0.25) is 24.6 Å². The van der Waals surface area contributed by atoms with Crippen LogP contribution in [0.3, 0.4) is 0 Å². The second-order valence-corrected chi connectivity index (χ2v) is 10.1. The van der Waals surface area contributed by atoms with Gasteiger partial charge in [-0.1, -0.05) is 70.2 Å². The number of piperidine rings is 1. The lowest BCUT2D eigenvalue weighted by Crippen LogP contribution is -2.61. The number of amides is 3. The highest BCUT2D eigenvalue weighted by Crippen LogP contribution is 2.22. The molecule has 194 valence electrons. The first-order chi connectivity index (χ1) is 16.7. The van der Waals surface area contributed by atoms with Gasteiger partial charge in [-0.25, -0.2) is 10.5 Å². The summed E-state index contributed by atoms with van der Waals surface area (Å²) >= 11 is 0.